The third kappa shape index (κ3) is 5.88. The maximum absolute atomic E-state index is 12.5. The first-order valence-corrected chi connectivity index (χ1v) is 9.53. The Bertz CT molecular complexity index is 1000. The van der Waals surface area contributed by atoms with Gasteiger partial charge in [0, 0.05) is 22.2 Å². The van der Waals surface area contributed by atoms with Crippen LogP contribution in [0.25, 0.3) is 0 Å². The number of hydrogen-bond acceptors (Lipinski definition) is 6. The predicted octanol–water partition coefficient (Wildman–Crippen LogP) is 2.19. The van der Waals surface area contributed by atoms with Gasteiger partial charge >= 0.3 is 0 Å². The van der Waals surface area contributed by atoms with E-state index in [2.05, 4.69) is 15.6 Å². The average molecular weight is 410 g/mol. The van der Waals surface area contributed by atoms with Crippen LogP contribution < -0.4 is 21.1 Å². The van der Waals surface area contributed by atoms with Crippen LogP contribution in [0.3, 0.4) is 0 Å². The zero-order valence-corrected chi connectivity index (χ0v) is 16.1. The molecule has 0 saturated carbocycles. The second-order valence-electron chi connectivity index (χ2n) is 5.98. The molecule has 0 unspecified atom stereocenters. The lowest BCUT2D eigenvalue weighted by atomic mass is 10.1. The van der Waals surface area contributed by atoms with Crippen molar-refractivity contribution in [1.29, 1.82) is 0 Å². The van der Waals surface area contributed by atoms with Gasteiger partial charge < -0.3 is 21.1 Å². The summed E-state index contributed by atoms with van der Waals surface area (Å²) in [5.74, 6) is -0.797. The Balaban J connectivity index is 1.59. The lowest BCUT2D eigenvalue weighted by Crippen LogP contribution is -2.33. The molecule has 1 aromatic heterocycles. The van der Waals surface area contributed by atoms with E-state index in [-0.39, 0.29) is 12.5 Å². The lowest BCUT2D eigenvalue weighted by molar-refractivity contribution is -0.117. The Hall–Kier alpha value is -3.72. The van der Waals surface area contributed by atoms with Gasteiger partial charge in [-0.1, -0.05) is 6.07 Å². The molecule has 0 spiro atoms. The lowest BCUT2D eigenvalue weighted by Gasteiger charge is -2.09. The molecule has 0 aliphatic heterocycles. The van der Waals surface area contributed by atoms with Crippen LogP contribution in [0.15, 0.2) is 59.4 Å². The summed E-state index contributed by atoms with van der Waals surface area (Å²) in [4.78, 5) is 39.2. The van der Waals surface area contributed by atoms with Crippen LogP contribution in [0, 0.1) is 0 Å². The number of anilines is 1. The largest absolute Gasteiger partial charge is 0.487 e. The minimum absolute atomic E-state index is 0.238. The number of aromatic nitrogens is 1. The van der Waals surface area contributed by atoms with Gasteiger partial charge in [0.1, 0.15) is 12.4 Å². The van der Waals surface area contributed by atoms with Crippen molar-refractivity contribution in [3.05, 3.63) is 76.2 Å². The molecule has 0 aliphatic rings. The molecule has 3 amide bonds. The molecule has 0 bridgehead atoms. The average Bonchev–Trinajstić information content (AvgIpc) is 3.25. The van der Waals surface area contributed by atoms with Gasteiger partial charge in [-0.2, -0.15) is 0 Å². The van der Waals surface area contributed by atoms with Crippen molar-refractivity contribution in [2.45, 2.75) is 6.61 Å². The summed E-state index contributed by atoms with van der Waals surface area (Å²) in [5.41, 5.74) is 8.86. The van der Waals surface area contributed by atoms with Gasteiger partial charge in [-0.3, -0.25) is 14.4 Å². The standard InChI is InChI=1S/C20H18N4O4S/c21-18(25)9-22-19(26)13-4-6-15(7-5-13)24-20(27)14-2-1-3-17(8-14)28-10-16-11-29-12-23-16/h1-8,11-12H,9-10H2,(H2,21,25)(H,22,26)(H,24,27). The maximum Gasteiger partial charge on any atom is 0.255 e. The number of nitrogens with two attached hydrogens (primary N) is 1. The number of nitrogens with one attached hydrogen (secondary N) is 2. The molecule has 3 rings (SSSR count). The number of carbonyl (C=O) groups is 3. The van der Waals surface area contributed by atoms with Crippen LogP contribution in [0.4, 0.5) is 5.69 Å². The molecule has 0 fully saturated rings. The zero-order valence-electron chi connectivity index (χ0n) is 15.3. The van der Waals surface area contributed by atoms with E-state index >= 15 is 0 Å². The van der Waals surface area contributed by atoms with Gasteiger partial charge in [-0.05, 0) is 42.5 Å². The number of carbonyl (C=O) groups excluding carboxylic acids is 3. The number of rotatable bonds is 8. The van der Waals surface area contributed by atoms with E-state index in [0.717, 1.165) is 5.69 Å². The highest BCUT2D eigenvalue weighted by molar-refractivity contribution is 7.07. The molecule has 0 radical (unpaired) electrons. The highest BCUT2D eigenvalue weighted by Crippen LogP contribution is 2.17. The topological polar surface area (TPSA) is 123 Å². The van der Waals surface area contributed by atoms with Gasteiger partial charge in [0.05, 0.1) is 17.7 Å². The van der Waals surface area contributed by atoms with Gasteiger partial charge in [0.2, 0.25) is 5.91 Å². The fourth-order valence-electron chi connectivity index (χ4n) is 2.37. The quantitative estimate of drug-likeness (QED) is 0.525. The van der Waals surface area contributed by atoms with Crippen LogP contribution in [0.1, 0.15) is 26.4 Å². The van der Waals surface area contributed by atoms with Crippen LogP contribution >= 0.6 is 11.3 Å². The predicted molar refractivity (Wildman–Crippen MR) is 109 cm³/mol. The van der Waals surface area contributed by atoms with Crippen molar-refractivity contribution in [3.63, 3.8) is 0 Å². The van der Waals surface area contributed by atoms with Crippen molar-refractivity contribution in [2.75, 3.05) is 11.9 Å². The summed E-state index contributed by atoms with van der Waals surface area (Å²) in [6, 6.07) is 13.1. The molecule has 0 saturated heterocycles. The first kappa shape index (κ1) is 20.0. The summed E-state index contributed by atoms with van der Waals surface area (Å²) in [6.45, 7) is 0.0893. The monoisotopic (exact) mass is 410 g/mol. The van der Waals surface area contributed by atoms with Gasteiger partial charge in [-0.15, -0.1) is 11.3 Å². The third-order valence-electron chi connectivity index (χ3n) is 3.79. The highest BCUT2D eigenvalue weighted by Gasteiger charge is 2.10. The number of amides is 3. The van der Waals surface area contributed by atoms with E-state index < -0.39 is 11.8 Å². The summed E-state index contributed by atoms with van der Waals surface area (Å²) in [5, 5.41) is 7.05. The summed E-state index contributed by atoms with van der Waals surface area (Å²) < 4.78 is 5.66. The molecular formula is C20H18N4O4S. The smallest absolute Gasteiger partial charge is 0.255 e. The van der Waals surface area contributed by atoms with Gasteiger partial charge in [0.15, 0.2) is 0 Å². The Morgan fingerprint density at radius 2 is 1.83 bits per heavy atom. The molecule has 29 heavy (non-hydrogen) atoms. The van der Waals surface area contributed by atoms with Crippen molar-refractivity contribution in [3.8, 4) is 5.75 Å². The number of thiazole rings is 1. The van der Waals surface area contributed by atoms with E-state index in [4.69, 9.17) is 10.5 Å². The van der Waals surface area contributed by atoms with E-state index in [1.807, 2.05) is 5.38 Å². The molecule has 8 nitrogen and oxygen atoms in total. The number of ether oxygens (including phenoxy) is 1. The van der Waals surface area contributed by atoms with Gasteiger partial charge in [0.25, 0.3) is 11.8 Å². The van der Waals surface area contributed by atoms with E-state index in [1.54, 1.807) is 54.0 Å². The van der Waals surface area contributed by atoms with E-state index in [9.17, 15) is 14.4 Å². The number of hydrogen-bond donors (Lipinski definition) is 3. The van der Waals surface area contributed by atoms with Crippen molar-refractivity contribution < 1.29 is 19.1 Å². The molecular weight excluding hydrogens is 392 g/mol. The Labute approximate surface area is 170 Å². The third-order valence-corrected chi connectivity index (χ3v) is 4.43. The number of nitrogens with zero attached hydrogens (tertiary/aromatic N) is 1. The first-order chi connectivity index (χ1) is 14.0. The Morgan fingerprint density at radius 1 is 1.03 bits per heavy atom. The zero-order chi connectivity index (χ0) is 20.6. The fourth-order valence-corrected chi connectivity index (χ4v) is 2.91. The molecule has 9 heteroatoms. The molecule has 4 N–H and O–H groups in total. The second kappa shape index (κ2) is 9.47. The highest BCUT2D eigenvalue weighted by atomic mass is 32.1. The maximum atomic E-state index is 12.5. The molecule has 148 valence electrons. The number of benzene rings is 2. The molecule has 0 atom stereocenters. The minimum atomic E-state index is -0.625. The number of primary amides is 1. The summed E-state index contributed by atoms with van der Waals surface area (Å²) in [6.07, 6.45) is 0. The van der Waals surface area contributed by atoms with E-state index in [0.29, 0.717) is 29.2 Å². The van der Waals surface area contributed by atoms with Crippen LogP contribution in [0.5, 0.6) is 5.75 Å². The van der Waals surface area contributed by atoms with Crippen molar-refractivity contribution in [2.24, 2.45) is 5.73 Å². The van der Waals surface area contributed by atoms with Crippen LogP contribution in [0.2, 0.25) is 0 Å². The van der Waals surface area contributed by atoms with Crippen LogP contribution in [-0.4, -0.2) is 29.3 Å². The van der Waals surface area contributed by atoms with Gasteiger partial charge in [-0.25, -0.2) is 4.98 Å². The Kier molecular flexibility index (Phi) is 6.54. The molecule has 2 aromatic carbocycles. The van der Waals surface area contributed by atoms with Crippen molar-refractivity contribution >= 4 is 34.7 Å². The second-order valence-corrected chi connectivity index (χ2v) is 6.70. The van der Waals surface area contributed by atoms with Crippen LogP contribution in [-0.2, 0) is 11.4 Å². The SMILES string of the molecule is NC(=O)CNC(=O)c1ccc(NC(=O)c2cccc(OCc3cscn3)c2)cc1. The summed E-state index contributed by atoms with van der Waals surface area (Å²) >= 11 is 1.49. The molecule has 1 heterocycles. The molecule has 3 aromatic rings. The van der Waals surface area contributed by atoms with Crippen molar-refractivity contribution in [1.82, 2.24) is 10.3 Å². The summed E-state index contributed by atoms with van der Waals surface area (Å²) in [7, 11) is 0. The van der Waals surface area contributed by atoms with E-state index in [1.165, 1.54) is 11.3 Å². The minimum Gasteiger partial charge on any atom is -0.487 e. The molecule has 0 aliphatic carbocycles. The first-order valence-electron chi connectivity index (χ1n) is 8.59. The fraction of sp³-hybridized carbons (Fsp3) is 0.100. The Morgan fingerprint density at radius 3 is 2.52 bits per heavy atom. The normalized spacial score (nSPS) is 10.2.